The van der Waals surface area contributed by atoms with E-state index in [2.05, 4.69) is 24.2 Å². The van der Waals surface area contributed by atoms with Gasteiger partial charge in [0.25, 0.3) is 0 Å². The SMILES string of the molecule is COCCN(C)CC(C)=C1CNC1. The van der Waals surface area contributed by atoms with Crippen molar-refractivity contribution in [2.75, 3.05) is 46.9 Å². The standard InChI is InChI=1S/C10H20N2O/c1-9(10-6-11-7-10)8-12(2)4-5-13-3/h11H,4-8H2,1-3H3. The molecule has 0 radical (unpaired) electrons. The summed E-state index contributed by atoms with van der Waals surface area (Å²) < 4.78 is 5.02. The summed E-state index contributed by atoms with van der Waals surface area (Å²) in [6.07, 6.45) is 0. The maximum atomic E-state index is 5.02. The van der Waals surface area contributed by atoms with Gasteiger partial charge in [-0.3, -0.25) is 0 Å². The van der Waals surface area contributed by atoms with Crippen LogP contribution in [0.2, 0.25) is 0 Å². The van der Waals surface area contributed by atoms with Gasteiger partial charge in [0.2, 0.25) is 0 Å². The third-order valence-electron chi connectivity index (χ3n) is 2.46. The average molecular weight is 184 g/mol. The van der Waals surface area contributed by atoms with Gasteiger partial charge >= 0.3 is 0 Å². The number of nitrogens with one attached hydrogen (secondary N) is 1. The van der Waals surface area contributed by atoms with Gasteiger partial charge in [0.05, 0.1) is 6.61 Å². The molecule has 1 N–H and O–H groups in total. The Morgan fingerprint density at radius 1 is 1.54 bits per heavy atom. The molecule has 3 nitrogen and oxygen atoms in total. The predicted molar refractivity (Wildman–Crippen MR) is 54.9 cm³/mol. The highest BCUT2D eigenvalue weighted by molar-refractivity contribution is 5.22. The normalized spacial score (nSPS) is 16.2. The van der Waals surface area contributed by atoms with Gasteiger partial charge in [-0.25, -0.2) is 0 Å². The van der Waals surface area contributed by atoms with Crippen LogP contribution >= 0.6 is 0 Å². The molecule has 0 aromatic heterocycles. The number of rotatable bonds is 5. The van der Waals surface area contributed by atoms with E-state index in [9.17, 15) is 0 Å². The highest BCUT2D eigenvalue weighted by atomic mass is 16.5. The second-order valence-corrected chi connectivity index (χ2v) is 3.72. The van der Waals surface area contributed by atoms with Crippen molar-refractivity contribution >= 4 is 0 Å². The molecule has 0 aliphatic carbocycles. The summed E-state index contributed by atoms with van der Waals surface area (Å²) in [5.74, 6) is 0. The quantitative estimate of drug-likeness (QED) is 0.629. The fourth-order valence-electron chi connectivity index (χ4n) is 1.39. The van der Waals surface area contributed by atoms with Crippen LogP contribution in [-0.4, -0.2) is 51.8 Å². The molecule has 0 aromatic rings. The summed E-state index contributed by atoms with van der Waals surface area (Å²) >= 11 is 0. The van der Waals surface area contributed by atoms with Crippen molar-refractivity contribution in [2.24, 2.45) is 0 Å². The van der Waals surface area contributed by atoms with Crippen LogP contribution in [0.15, 0.2) is 11.1 Å². The number of nitrogens with zero attached hydrogens (tertiary/aromatic N) is 1. The highest BCUT2D eigenvalue weighted by Crippen LogP contribution is 2.09. The van der Waals surface area contributed by atoms with Crippen molar-refractivity contribution < 1.29 is 4.74 Å². The Labute approximate surface area is 80.8 Å². The highest BCUT2D eigenvalue weighted by Gasteiger charge is 2.11. The molecule has 1 aliphatic heterocycles. The van der Waals surface area contributed by atoms with E-state index >= 15 is 0 Å². The molecular weight excluding hydrogens is 164 g/mol. The number of hydrogen-bond donors (Lipinski definition) is 1. The maximum Gasteiger partial charge on any atom is 0.0589 e. The van der Waals surface area contributed by atoms with Gasteiger partial charge in [-0.15, -0.1) is 0 Å². The minimum absolute atomic E-state index is 0.817. The molecule has 0 amide bonds. The molecule has 13 heavy (non-hydrogen) atoms. The second-order valence-electron chi connectivity index (χ2n) is 3.72. The molecule has 0 atom stereocenters. The topological polar surface area (TPSA) is 24.5 Å². The van der Waals surface area contributed by atoms with Crippen LogP contribution in [0.3, 0.4) is 0 Å². The lowest BCUT2D eigenvalue weighted by atomic mass is 10.0. The Bertz CT molecular complexity index is 183. The number of ether oxygens (including phenoxy) is 1. The van der Waals surface area contributed by atoms with Crippen LogP contribution in [0.4, 0.5) is 0 Å². The van der Waals surface area contributed by atoms with E-state index < -0.39 is 0 Å². The van der Waals surface area contributed by atoms with E-state index in [4.69, 9.17) is 4.74 Å². The molecule has 1 aliphatic rings. The minimum atomic E-state index is 0.817. The summed E-state index contributed by atoms with van der Waals surface area (Å²) in [5, 5.41) is 3.26. The van der Waals surface area contributed by atoms with Gasteiger partial charge in [-0.05, 0) is 19.5 Å². The largest absolute Gasteiger partial charge is 0.383 e. The molecule has 1 rings (SSSR count). The molecule has 1 heterocycles. The number of likely N-dealkylation sites (N-methyl/N-ethyl adjacent to an activating group) is 1. The molecule has 1 saturated heterocycles. The van der Waals surface area contributed by atoms with Crippen LogP contribution < -0.4 is 5.32 Å². The molecule has 0 spiro atoms. The lowest BCUT2D eigenvalue weighted by Gasteiger charge is -2.25. The van der Waals surface area contributed by atoms with Crippen molar-refractivity contribution in [1.82, 2.24) is 10.2 Å². The van der Waals surface area contributed by atoms with Crippen LogP contribution in [-0.2, 0) is 4.74 Å². The third-order valence-corrected chi connectivity index (χ3v) is 2.46. The first-order chi connectivity index (χ1) is 6.24. The Morgan fingerprint density at radius 2 is 2.23 bits per heavy atom. The van der Waals surface area contributed by atoms with Gasteiger partial charge in [0.15, 0.2) is 0 Å². The van der Waals surface area contributed by atoms with Gasteiger partial charge in [0, 0.05) is 33.3 Å². The van der Waals surface area contributed by atoms with Gasteiger partial charge in [-0.1, -0.05) is 5.57 Å². The molecule has 1 fully saturated rings. The third kappa shape index (κ3) is 3.46. The maximum absolute atomic E-state index is 5.02. The number of methoxy groups -OCH3 is 1. The second kappa shape index (κ2) is 5.37. The molecule has 0 aromatic carbocycles. The molecular formula is C10H20N2O. The Morgan fingerprint density at radius 3 is 2.69 bits per heavy atom. The van der Waals surface area contributed by atoms with E-state index in [1.165, 1.54) is 5.57 Å². The van der Waals surface area contributed by atoms with E-state index in [1.54, 1.807) is 12.7 Å². The Kier molecular flexibility index (Phi) is 4.42. The van der Waals surface area contributed by atoms with E-state index in [-0.39, 0.29) is 0 Å². The van der Waals surface area contributed by atoms with Crippen LogP contribution in [0.25, 0.3) is 0 Å². The molecule has 0 unspecified atom stereocenters. The first kappa shape index (κ1) is 10.7. The summed E-state index contributed by atoms with van der Waals surface area (Å²) in [4.78, 5) is 2.30. The summed E-state index contributed by atoms with van der Waals surface area (Å²) in [6, 6.07) is 0. The van der Waals surface area contributed by atoms with Crippen LogP contribution in [0.5, 0.6) is 0 Å². The van der Waals surface area contributed by atoms with Gasteiger partial charge in [-0.2, -0.15) is 0 Å². The lowest BCUT2D eigenvalue weighted by Crippen LogP contribution is -2.36. The van der Waals surface area contributed by atoms with E-state index in [0.717, 1.165) is 32.8 Å². The molecule has 3 heteroatoms. The fourth-order valence-corrected chi connectivity index (χ4v) is 1.39. The van der Waals surface area contributed by atoms with E-state index in [0.29, 0.717) is 0 Å². The fraction of sp³-hybridized carbons (Fsp3) is 0.800. The summed E-state index contributed by atoms with van der Waals surface area (Å²) in [5.41, 5.74) is 3.08. The van der Waals surface area contributed by atoms with Crippen molar-refractivity contribution in [2.45, 2.75) is 6.92 Å². The monoisotopic (exact) mass is 184 g/mol. The molecule has 0 saturated carbocycles. The van der Waals surface area contributed by atoms with Gasteiger partial charge < -0.3 is 15.0 Å². The summed E-state index contributed by atoms with van der Waals surface area (Å²) in [6.45, 7) is 7.29. The van der Waals surface area contributed by atoms with Gasteiger partial charge in [0.1, 0.15) is 0 Å². The smallest absolute Gasteiger partial charge is 0.0589 e. The van der Waals surface area contributed by atoms with E-state index in [1.807, 2.05) is 0 Å². The zero-order valence-corrected chi connectivity index (χ0v) is 8.89. The molecule has 0 bridgehead atoms. The zero-order chi connectivity index (χ0) is 9.68. The van der Waals surface area contributed by atoms with Crippen molar-refractivity contribution in [3.63, 3.8) is 0 Å². The van der Waals surface area contributed by atoms with Crippen LogP contribution in [0.1, 0.15) is 6.92 Å². The Balaban J connectivity index is 2.22. The minimum Gasteiger partial charge on any atom is -0.383 e. The first-order valence-electron chi connectivity index (χ1n) is 4.79. The zero-order valence-electron chi connectivity index (χ0n) is 8.89. The molecule has 76 valence electrons. The predicted octanol–water partition coefficient (Wildman–Crippen LogP) is 0.484. The summed E-state index contributed by atoms with van der Waals surface area (Å²) in [7, 11) is 3.88. The first-order valence-corrected chi connectivity index (χ1v) is 4.79. The van der Waals surface area contributed by atoms with Crippen molar-refractivity contribution in [3.05, 3.63) is 11.1 Å². The lowest BCUT2D eigenvalue weighted by molar-refractivity contribution is 0.165. The van der Waals surface area contributed by atoms with Crippen molar-refractivity contribution in [1.29, 1.82) is 0 Å². The average Bonchev–Trinajstić information content (AvgIpc) is 1.97. The Hall–Kier alpha value is -0.380. The van der Waals surface area contributed by atoms with Crippen molar-refractivity contribution in [3.8, 4) is 0 Å². The van der Waals surface area contributed by atoms with Crippen LogP contribution in [0, 0.1) is 0 Å². The number of hydrogen-bond acceptors (Lipinski definition) is 3.